The van der Waals surface area contributed by atoms with Gasteiger partial charge in [0.15, 0.2) is 0 Å². The van der Waals surface area contributed by atoms with E-state index >= 15 is 0 Å². The van der Waals surface area contributed by atoms with Crippen LogP contribution in [0.3, 0.4) is 0 Å². The lowest BCUT2D eigenvalue weighted by atomic mass is 10.2. The van der Waals surface area contributed by atoms with E-state index in [0.29, 0.717) is 6.54 Å². The fourth-order valence-corrected chi connectivity index (χ4v) is 1.53. The number of nitrogens with zero attached hydrogens (tertiary/aromatic N) is 4. The Morgan fingerprint density at radius 1 is 1.50 bits per heavy atom. The Morgan fingerprint density at radius 3 is 2.83 bits per heavy atom. The van der Waals surface area contributed by atoms with Crippen molar-refractivity contribution in [3.63, 3.8) is 0 Å². The molecule has 8 heteroatoms. The lowest BCUT2D eigenvalue weighted by molar-refractivity contribution is -0.384. The number of unbranched alkanes of at least 4 members (excludes halogenated alkanes) is 2. The minimum atomic E-state index is -0.529. The predicted octanol–water partition coefficient (Wildman–Crippen LogP) is 0.566. The standard InChI is InChI=1S/C10H17N5O3/c1-14(5-3-2-4-6-16)9-8(15(17)18)7-12-10(11)13-9/h7,16H,2-6H2,1H3,(H2,11,12,13). The molecule has 0 amide bonds. The molecule has 3 N–H and O–H groups in total. The van der Waals surface area contributed by atoms with Crippen LogP contribution in [0.4, 0.5) is 17.5 Å². The Bertz CT molecular complexity index is 412. The number of hydrogen-bond donors (Lipinski definition) is 2. The zero-order valence-electron chi connectivity index (χ0n) is 10.2. The van der Waals surface area contributed by atoms with Crippen molar-refractivity contribution >= 4 is 17.5 Å². The van der Waals surface area contributed by atoms with Gasteiger partial charge in [-0.25, -0.2) is 4.98 Å². The highest BCUT2D eigenvalue weighted by Gasteiger charge is 2.19. The first-order chi connectivity index (χ1) is 8.56. The topological polar surface area (TPSA) is 118 Å². The molecule has 8 nitrogen and oxygen atoms in total. The van der Waals surface area contributed by atoms with E-state index in [4.69, 9.17) is 10.8 Å². The van der Waals surface area contributed by atoms with Crippen molar-refractivity contribution in [3.8, 4) is 0 Å². The number of aromatic nitrogens is 2. The number of aliphatic hydroxyl groups excluding tert-OH is 1. The molecule has 0 radical (unpaired) electrons. The molecule has 0 saturated carbocycles. The minimum absolute atomic E-state index is 0.0119. The fourth-order valence-electron chi connectivity index (χ4n) is 1.53. The molecule has 0 spiro atoms. The zero-order valence-corrected chi connectivity index (χ0v) is 10.2. The summed E-state index contributed by atoms with van der Waals surface area (Å²) in [5, 5.41) is 19.5. The van der Waals surface area contributed by atoms with Gasteiger partial charge in [-0.3, -0.25) is 10.1 Å². The molecular weight excluding hydrogens is 238 g/mol. The van der Waals surface area contributed by atoms with E-state index in [2.05, 4.69) is 9.97 Å². The minimum Gasteiger partial charge on any atom is -0.396 e. The summed E-state index contributed by atoms with van der Waals surface area (Å²) < 4.78 is 0. The summed E-state index contributed by atoms with van der Waals surface area (Å²) in [5.41, 5.74) is 5.28. The second-order valence-electron chi connectivity index (χ2n) is 3.90. The van der Waals surface area contributed by atoms with Gasteiger partial charge in [-0.2, -0.15) is 4.98 Å². The van der Waals surface area contributed by atoms with E-state index in [0.717, 1.165) is 25.5 Å². The molecule has 1 rings (SSSR count). The van der Waals surface area contributed by atoms with Crippen LogP contribution in [0.15, 0.2) is 6.20 Å². The smallest absolute Gasteiger partial charge is 0.329 e. The van der Waals surface area contributed by atoms with E-state index < -0.39 is 4.92 Å². The number of anilines is 2. The number of hydrogen-bond acceptors (Lipinski definition) is 7. The number of aliphatic hydroxyl groups is 1. The molecule has 18 heavy (non-hydrogen) atoms. The number of rotatable bonds is 7. The third-order valence-corrected chi connectivity index (χ3v) is 2.48. The molecule has 1 heterocycles. The second kappa shape index (κ2) is 6.70. The number of nitro groups is 1. The van der Waals surface area contributed by atoms with Crippen LogP contribution < -0.4 is 10.6 Å². The van der Waals surface area contributed by atoms with Crippen LogP contribution in [0.5, 0.6) is 0 Å². The van der Waals surface area contributed by atoms with Gasteiger partial charge in [0.25, 0.3) is 0 Å². The van der Waals surface area contributed by atoms with Crippen LogP contribution in [0.2, 0.25) is 0 Å². The first-order valence-corrected chi connectivity index (χ1v) is 5.65. The van der Waals surface area contributed by atoms with Gasteiger partial charge >= 0.3 is 5.69 Å². The molecule has 0 bridgehead atoms. The molecule has 1 aromatic rings. The first kappa shape index (κ1) is 14.1. The van der Waals surface area contributed by atoms with Crippen molar-refractivity contribution < 1.29 is 10.0 Å². The molecular formula is C10H17N5O3. The van der Waals surface area contributed by atoms with Crippen molar-refractivity contribution in [1.29, 1.82) is 0 Å². The SMILES string of the molecule is CN(CCCCCO)c1nc(N)ncc1[N+](=O)[O-]. The maximum atomic E-state index is 10.8. The van der Waals surface area contributed by atoms with Crippen LogP contribution in [-0.4, -0.2) is 40.2 Å². The molecule has 0 unspecified atom stereocenters. The van der Waals surface area contributed by atoms with Crippen LogP contribution in [0.1, 0.15) is 19.3 Å². The highest BCUT2D eigenvalue weighted by molar-refractivity contribution is 5.57. The molecule has 0 aliphatic heterocycles. The third-order valence-electron chi connectivity index (χ3n) is 2.48. The van der Waals surface area contributed by atoms with Crippen LogP contribution in [0, 0.1) is 10.1 Å². The average molecular weight is 255 g/mol. The van der Waals surface area contributed by atoms with Gasteiger partial charge < -0.3 is 15.7 Å². The fraction of sp³-hybridized carbons (Fsp3) is 0.600. The molecule has 0 aliphatic rings. The maximum Gasteiger partial charge on any atom is 0.329 e. The Labute approximate surface area is 105 Å². The Hall–Kier alpha value is -1.96. The summed E-state index contributed by atoms with van der Waals surface area (Å²) in [6.07, 6.45) is 3.51. The van der Waals surface area contributed by atoms with Crippen LogP contribution in [0.25, 0.3) is 0 Å². The van der Waals surface area contributed by atoms with Gasteiger partial charge in [-0.05, 0) is 19.3 Å². The van der Waals surface area contributed by atoms with E-state index in [1.807, 2.05) is 0 Å². The molecule has 0 saturated heterocycles. The third kappa shape index (κ3) is 3.81. The quantitative estimate of drug-likeness (QED) is 0.415. The van der Waals surface area contributed by atoms with E-state index in [9.17, 15) is 10.1 Å². The van der Waals surface area contributed by atoms with Crippen LogP contribution in [-0.2, 0) is 0 Å². The normalized spacial score (nSPS) is 10.3. The molecule has 0 fully saturated rings. The van der Waals surface area contributed by atoms with E-state index in [1.165, 1.54) is 0 Å². The van der Waals surface area contributed by atoms with Gasteiger partial charge in [-0.15, -0.1) is 0 Å². The molecule has 0 atom stereocenters. The highest BCUT2D eigenvalue weighted by Crippen LogP contribution is 2.24. The summed E-state index contributed by atoms with van der Waals surface area (Å²) in [5.74, 6) is 0.231. The highest BCUT2D eigenvalue weighted by atomic mass is 16.6. The van der Waals surface area contributed by atoms with Crippen molar-refractivity contribution in [3.05, 3.63) is 16.3 Å². The van der Waals surface area contributed by atoms with Crippen molar-refractivity contribution in [2.45, 2.75) is 19.3 Å². The summed E-state index contributed by atoms with van der Waals surface area (Å²) in [6.45, 7) is 0.765. The summed E-state index contributed by atoms with van der Waals surface area (Å²) in [7, 11) is 1.72. The zero-order chi connectivity index (χ0) is 13.5. The van der Waals surface area contributed by atoms with Gasteiger partial charge in [0.1, 0.15) is 6.20 Å². The monoisotopic (exact) mass is 255 g/mol. The van der Waals surface area contributed by atoms with Gasteiger partial charge in [0, 0.05) is 20.2 Å². The van der Waals surface area contributed by atoms with Gasteiger partial charge in [0.05, 0.1) is 4.92 Å². The Kier molecular flexibility index (Phi) is 5.25. The van der Waals surface area contributed by atoms with E-state index in [-0.39, 0.29) is 24.1 Å². The number of nitrogens with two attached hydrogens (primary N) is 1. The summed E-state index contributed by atoms with van der Waals surface area (Å²) in [6, 6.07) is 0. The molecule has 100 valence electrons. The van der Waals surface area contributed by atoms with Gasteiger partial charge in [0.2, 0.25) is 11.8 Å². The van der Waals surface area contributed by atoms with Crippen molar-refractivity contribution in [2.75, 3.05) is 30.8 Å². The van der Waals surface area contributed by atoms with E-state index in [1.54, 1.807) is 11.9 Å². The maximum absolute atomic E-state index is 10.8. The predicted molar refractivity (Wildman–Crippen MR) is 67.3 cm³/mol. The van der Waals surface area contributed by atoms with Gasteiger partial charge in [-0.1, -0.05) is 0 Å². The first-order valence-electron chi connectivity index (χ1n) is 5.65. The Balaban J connectivity index is 2.74. The lowest BCUT2D eigenvalue weighted by Gasteiger charge is -2.17. The molecule has 0 aliphatic carbocycles. The van der Waals surface area contributed by atoms with Crippen molar-refractivity contribution in [2.24, 2.45) is 0 Å². The van der Waals surface area contributed by atoms with Crippen LogP contribution >= 0.6 is 0 Å². The second-order valence-corrected chi connectivity index (χ2v) is 3.90. The number of nitrogen functional groups attached to an aromatic ring is 1. The Morgan fingerprint density at radius 2 is 2.22 bits per heavy atom. The lowest BCUT2D eigenvalue weighted by Crippen LogP contribution is -2.21. The van der Waals surface area contributed by atoms with Crippen molar-refractivity contribution in [1.82, 2.24) is 9.97 Å². The summed E-state index contributed by atoms with van der Waals surface area (Å²) in [4.78, 5) is 19.5. The summed E-state index contributed by atoms with van der Waals surface area (Å²) >= 11 is 0. The largest absolute Gasteiger partial charge is 0.396 e. The molecule has 1 aromatic heterocycles. The average Bonchev–Trinajstić information content (AvgIpc) is 2.34. The molecule has 0 aromatic carbocycles.